The van der Waals surface area contributed by atoms with Gasteiger partial charge in [-0.2, -0.15) is 0 Å². The molecule has 3 N–H and O–H groups in total. The number of piperazine rings is 1. The van der Waals surface area contributed by atoms with Crippen molar-refractivity contribution in [3.63, 3.8) is 0 Å². The van der Waals surface area contributed by atoms with E-state index in [9.17, 15) is 4.79 Å². The van der Waals surface area contributed by atoms with Gasteiger partial charge in [0.05, 0.1) is 12.3 Å². The topological polar surface area (TPSA) is 71.5 Å². The predicted octanol–water partition coefficient (Wildman–Crippen LogP) is 0.0997. The van der Waals surface area contributed by atoms with Crippen LogP contribution in [0.2, 0.25) is 0 Å². The third-order valence-electron chi connectivity index (χ3n) is 3.07. The summed E-state index contributed by atoms with van der Waals surface area (Å²) in [6, 6.07) is 3.60. The number of nitrogens with one attached hydrogen (secondary N) is 1. The van der Waals surface area contributed by atoms with E-state index >= 15 is 0 Å². The molecule has 0 saturated carbocycles. The van der Waals surface area contributed by atoms with E-state index < -0.39 is 0 Å². The summed E-state index contributed by atoms with van der Waals surface area (Å²) < 4.78 is 5.36. The fourth-order valence-corrected chi connectivity index (χ4v) is 2.14. The summed E-state index contributed by atoms with van der Waals surface area (Å²) in [5.74, 6) is 0.582. The van der Waals surface area contributed by atoms with Crippen molar-refractivity contribution in [1.82, 2.24) is 10.2 Å². The highest BCUT2D eigenvalue weighted by Gasteiger charge is 2.31. The van der Waals surface area contributed by atoms with Gasteiger partial charge in [0.2, 0.25) is 5.91 Å². The van der Waals surface area contributed by atoms with Gasteiger partial charge in [-0.15, -0.1) is 0 Å². The Hall–Kier alpha value is -1.33. The molecule has 1 fully saturated rings. The molecule has 0 spiro atoms. The maximum Gasteiger partial charge on any atom is 0.236 e. The van der Waals surface area contributed by atoms with Gasteiger partial charge in [-0.1, -0.05) is 0 Å². The molecule has 0 aliphatic carbocycles. The first-order valence-corrected chi connectivity index (χ1v) is 5.49. The molecule has 0 aromatic carbocycles. The van der Waals surface area contributed by atoms with Crippen LogP contribution >= 0.6 is 0 Å². The zero-order chi connectivity index (χ0) is 11.5. The zero-order valence-electron chi connectivity index (χ0n) is 9.35. The molecule has 0 bridgehead atoms. The molecule has 5 nitrogen and oxygen atoms in total. The number of rotatable bonds is 3. The average Bonchev–Trinajstić information content (AvgIpc) is 2.81. The fraction of sp³-hybridized carbons (Fsp3) is 0.545. The molecule has 2 atom stereocenters. The first kappa shape index (κ1) is 11.2. The second kappa shape index (κ2) is 4.67. The van der Waals surface area contributed by atoms with Gasteiger partial charge in [0.15, 0.2) is 0 Å². The predicted molar refractivity (Wildman–Crippen MR) is 59.7 cm³/mol. The van der Waals surface area contributed by atoms with E-state index in [2.05, 4.69) is 10.2 Å². The van der Waals surface area contributed by atoms with Crippen molar-refractivity contribution in [2.75, 3.05) is 19.6 Å². The van der Waals surface area contributed by atoms with Gasteiger partial charge in [-0.3, -0.25) is 9.69 Å². The lowest BCUT2D eigenvalue weighted by atomic mass is 10.1. The van der Waals surface area contributed by atoms with E-state index in [1.165, 1.54) is 0 Å². The largest absolute Gasteiger partial charge is 0.468 e. The number of nitrogens with two attached hydrogens (primary N) is 1. The van der Waals surface area contributed by atoms with Gasteiger partial charge < -0.3 is 15.5 Å². The van der Waals surface area contributed by atoms with E-state index in [0.717, 1.165) is 18.8 Å². The Morgan fingerprint density at radius 1 is 1.75 bits per heavy atom. The summed E-state index contributed by atoms with van der Waals surface area (Å²) >= 11 is 0. The molecule has 1 saturated heterocycles. The SMILES string of the molecule is CC(c1ccco1)N1CCNCC1C(N)=O. The van der Waals surface area contributed by atoms with Crippen LogP contribution in [0.1, 0.15) is 18.7 Å². The molecular weight excluding hydrogens is 206 g/mol. The van der Waals surface area contributed by atoms with E-state index in [4.69, 9.17) is 10.2 Å². The molecule has 1 aliphatic heterocycles. The van der Waals surface area contributed by atoms with Crippen molar-refractivity contribution in [2.45, 2.75) is 19.0 Å². The molecule has 0 radical (unpaired) electrons. The van der Waals surface area contributed by atoms with Crippen LogP contribution in [0.25, 0.3) is 0 Å². The average molecular weight is 223 g/mol. The second-order valence-corrected chi connectivity index (χ2v) is 4.05. The number of carbonyl (C=O) groups is 1. The fourth-order valence-electron chi connectivity index (χ4n) is 2.14. The lowest BCUT2D eigenvalue weighted by Crippen LogP contribution is -2.57. The Labute approximate surface area is 94.6 Å². The minimum atomic E-state index is -0.286. The minimum Gasteiger partial charge on any atom is -0.468 e. The van der Waals surface area contributed by atoms with Crippen LogP contribution in [0.4, 0.5) is 0 Å². The Balaban J connectivity index is 2.14. The van der Waals surface area contributed by atoms with Gasteiger partial charge in [0.1, 0.15) is 11.8 Å². The quantitative estimate of drug-likeness (QED) is 0.762. The summed E-state index contributed by atoms with van der Waals surface area (Å²) in [4.78, 5) is 13.4. The van der Waals surface area contributed by atoms with Crippen LogP contribution in [0.15, 0.2) is 22.8 Å². The molecule has 5 heteroatoms. The molecule has 2 rings (SSSR count). The number of hydrogen-bond acceptors (Lipinski definition) is 4. The van der Waals surface area contributed by atoms with Crippen molar-refractivity contribution in [3.05, 3.63) is 24.2 Å². The Morgan fingerprint density at radius 3 is 3.19 bits per heavy atom. The maximum absolute atomic E-state index is 11.3. The highest BCUT2D eigenvalue weighted by atomic mass is 16.3. The zero-order valence-corrected chi connectivity index (χ0v) is 9.35. The summed E-state index contributed by atoms with van der Waals surface area (Å²) in [5, 5.41) is 3.17. The van der Waals surface area contributed by atoms with Crippen LogP contribution < -0.4 is 11.1 Å². The standard InChI is InChI=1S/C11H17N3O2/c1-8(10-3-2-6-16-10)14-5-4-13-7-9(14)11(12)15/h2-3,6,8-9,13H,4-5,7H2,1H3,(H2,12,15). The molecule has 16 heavy (non-hydrogen) atoms. The van der Waals surface area contributed by atoms with E-state index in [-0.39, 0.29) is 18.0 Å². The van der Waals surface area contributed by atoms with Crippen molar-refractivity contribution >= 4 is 5.91 Å². The third-order valence-corrected chi connectivity index (χ3v) is 3.07. The normalized spacial score (nSPS) is 24.2. The molecule has 1 amide bonds. The number of primary amides is 1. The third kappa shape index (κ3) is 2.10. The van der Waals surface area contributed by atoms with E-state index in [1.807, 2.05) is 19.1 Å². The molecule has 88 valence electrons. The molecular formula is C11H17N3O2. The summed E-state index contributed by atoms with van der Waals surface area (Å²) in [6.07, 6.45) is 1.65. The number of carbonyl (C=O) groups excluding carboxylic acids is 1. The van der Waals surface area contributed by atoms with E-state index in [0.29, 0.717) is 6.54 Å². The van der Waals surface area contributed by atoms with Crippen molar-refractivity contribution in [2.24, 2.45) is 5.73 Å². The van der Waals surface area contributed by atoms with Crippen LogP contribution in [0.5, 0.6) is 0 Å². The Bertz CT molecular complexity index is 350. The number of nitrogens with zero attached hydrogens (tertiary/aromatic N) is 1. The summed E-state index contributed by atoms with van der Waals surface area (Å²) in [5.41, 5.74) is 5.40. The van der Waals surface area contributed by atoms with Crippen molar-refractivity contribution in [1.29, 1.82) is 0 Å². The highest BCUT2D eigenvalue weighted by Crippen LogP contribution is 2.23. The van der Waals surface area contributed by atoms with Gasteiger partial charge in [0.25, 0.3) is 0 Å². The number of furan rings is 1. The van der Waals surface area contributed by atoms with Crippen LogP contribution in [-0.2, 0) is 4.79 Å². The van der Waals surface area contributed by atoms with Crippen LogP contribution in [-0.4, -0.2) is 36.5 Å². The minimum absolute atomic E-state index is 0.0783. The number of amides is 1. The first-order valence-electron chi connectivity index (χ1n) is 5.49. The monoisotopic (exact) mass is 223 g/mol. The second-order valence-electron chi connectivity index (χ2n) is 4.05. The maximum atomic E-state index is 11.3. The number of hydrogen-bond donors (Lipinski definition) is 2. The molecule has 2 heterocycles. The summed E-state index contributed by atoms with van der Waals surface area (Å²) in [6.45, 7) is 4.31. The van der Waals surface area contributed by atoms with Gasteiger partial charge in [-0.25, -0.2) is 0 Å². The Kier molecular flexibility index (Phi) is 3.26. The molecule has 1 aliphatic rings. The molecule has 2 unspecified atom stereocenters. The molecule has 1 aromatic heterocycles. The smallest absolute Gasteiger partial charge is 0.236 e. The van der Waals surface area contributed by atoms with Crippen LogP contribution in [0, 0.1) is 0 Å². The van der Waals surface area contributed by atoms with Gasteiger partial charge in [-0.05, 0) is 19.1 Å². The summed E-state index contributed by atoms with van der Waals surface area (Å²) in [7, 11) is 0. The lowest BCUT2D eigenvalue weighted by molar-refractivity contribution is -0.124. The van der Waals surface area contributed by atoms with Crippen molar-refractivity contribution < 1.29 is 9.21 Å². The first-order chi connectivity index (χ1) is 7.70. The lowest BCUT2D eigenvalue weighted by Gasteiger charge is -2.37. The van der Waals surface area contributed by atoms with Gasteiger partial charge in [0, 0.05) is 19.6 Å². The van der Waals surface area contributed by atoms with Crippen LogP contribution in [0.3, 0.4) is 0 Å². The molecule has 1 aromatic rings. The highest BCUT2D eigenvalue weighted by molar-refractivity contribution is 5.80. The van der Waals surface area contributed by atoms with E-state index in [1.54, 1.807) is 6.26 Å². The van der Waals surface area contributed by atoms with Gasteiger partial charge >= 0.3 is 0 Å². The Morgan fingerprint density at radius 2 is 2.56 bits per heavy atom. The van der Waals surface area contributed by atoms with Crippen molar-refractivity contribution in [3.8, 4) is 0 Å².